The summed E-state index contributed by atoms with van der Waals surface area (Å²) in [5.41, 5.74) is 5.37. The Hall–Kier alpha value is -2.33. The Balaban J connectivity index is 1.16. The highest BCUT2D eigenvalue weighted by Crippen LogP contribution is 2.52. The molecule has 1 amide bonds. The molecule has 0 aromatic heterocycles. The van der Waals surface area contributed by atoms with E-state index in [4.69, 9.17) is 4.74 Å². The van der Waals surface area contributed by atoms with E-state index in [1.165, 1.54) is 35.1 Å². The number of carbonyl (C=O) groups excluding carboxylic acids is 1. The average molecular weight is 392 g/mol. The maximum atomic E-state index is 12.4. The zero-order valence-electron chi connectivity index (χ0n) is 16.8. The summed E-state index contributed by atoms with van der Waals surface area (Å²) in [5.74, 6) is 0.587. The van der Waals surface area contributed by atoms with Gasteiger partial charge in [0.2, 0.25) is 0 Å². The van der Waals surface area contributed by atoms with Crippen LogP contribution in [0.5, 0.6) is 0 Å². The van der Waals surface area contributed by atoms with Gasteiger partial charge in [0, 0.05) is 18.6 Å². The summed E-state index contributed by atoms with van der Waals surface area (Å²) in [6.07, 6.45) is 6.41. The topological polar surface area (TPSA) is 58.6 Å². The van der Waals surface area contributed by atoms with Crippen LogP contribution in [0.15, 0.2) is 48.5 Å². The number of carbonyl (C=O) groups is 1. The number of rotatable bonds is 4. The van der Waals surface area contributed by atoms with Gasteiger partial charge >= 0.3 is 6.09 Å². The lowest BCUT2D eigenvalue weighted by Gasteiger charge is -2.51. The second-order valence-corrected chi connectivity index (χ2v) is 9.20. The van der Waals surface area contributed by atoms with Gasteiger partial charge in [-0.1, -0.05) is 48.5 Å². The molecule has 152 valence electrons. The summed E-state index contributed by atoms with van der Waals surface area (Å²) in [7, 11) is 0. The molecular weight excluding hydrogens is 362 g/mol. The summed E-state index contributed by atoms with van der Waals surface area (Å²) in [5, 5.41) is 12.4. The summed E-state index contributed by atoms with van der Waals surface area (Å²) >= 11 is 0. The molecule has 2 N–H and O–H groups in total. The van der Waals surface area contributed by atoms with Crippen molar-refractivity contribution >= 4 is 6.09 Å². The number of fused-ring (bicyclic) bond motifs is 3. The molecule has 5 rings (SSSR count). The van der Waals surface area contributed by atoms with Gasteiger partial charge in [-0.2, -0.15) is 0 Å². The zero-order chi connectivity index (χ0) is 19.8. The number of nitrogens with one attached hydrogen (secondary N) is 1. The van der Waals surface area contributed by atoms with Crippen LogP contribution in [0.2, 0.25) is 0 Å². The Morgan fingerprint density at radius 1 is 1.00 bits per heavy atom. The second-order valence-electron chi connectivity index (χ2n) is 9.20. The Morgan fingerprint density at radius 3 is 2.17 bits per heavy atom. The fraction of sp³-hybridized carbons (Fsp3) is 0.480. The van der Waals surface area contributed by atoms with Crippen LogP contribution >= 0.6 is 0 Å². The standard InChI is InChI=1S/C25H29NO3/c27-15-17-9-11-25(12-10-17)13-18(14-25)26-24(28)29-16-23-21-7-3-1-5-19(21)20-6-2-4-8-22(20)23/h1-8,17-18,23,27H,9-16H2,(H,26,28). The average Bonchev–Trinajstić information content (AvgIpc) is 3.05. The summed E-state index contributed by atoms with van der Waals surface area (Å²) in [6.45, 7) is 0.688. The molecule has 0 unspecified atom stereocenters. The zero-order valence-corrected chi connectivity index (χ0v) is 16.8. The summed E-state index contributed by atoms with van der Waals surface area (Å²) in [4.78, 5) is 12.4. The first kappa shape index (κ1) is 18.7. The first-order valence-electron chi connectivity index (χ1n) is 10.9. The number of aliphatic hydroxyl groups is 1. The number of amides is 1. The van der Waals surface area contributed by atoms with Gasteiger partial charge in [-0.05, 0) is 72.1 Å². The molecular formula is C25H29NO3. The van der Waals surface area contributed by atoms with Crippen molar-refractivity contribution in [1.82, 2.24) is 5.32 Å². The van der Waals surface area contributed by atoms with Crippen molar-refractivity contribution in [2.75, 3.05) is 13.2 Å². The predicted molar refractivity (Wildman–Crippen MR) is 113 cm³/mol. The molecule has 0 radical (unpaired) electrons. The Bertz CT molecular complexity index is 847. The third kappa shape index (κ3) is 3.44. The molecule has 0 heterocycles. The molecule has 2 aromatic rings. The van der Waals surface area contributed by atoms with Crippen molar-refractivity contribution in [3.05, 3.63) is 59.7 Å². The van der Waals surface area contributed by atoms with Gasteiger partial charge in [-0.3, -0.25) is 0 Å². The number of hydrogen-bond donors (Lipinski definition) is 2. The lowest BCUT2D eigenvalue weighted by atomic mass is 9.57. The Kier molecular flexibility index (Phi) is 4.83. The smallest absolute Gasteiger partial charge is 0.407 e. The molecule has 0 bridgehead atoms. The van der Waals surface area contributed by atoms with Gasteiger partial charge < -0.3 is 15.2 Å². The minimum absolute atomic E-state index is 0.106. The van der Waals surface area contributed by atoms with E-state index in [0.717, 1.165) is 25.7 Å². The van der Waals surface area contributed by atoms with Crippen LogP contribution in [0.4, 0.5) is 4.79 Å². The maximum absolute atomic E-state index is 12.4. The van der Waals surface area contributed by atoms with Gasteiger partial charge in [0.15, 0.2) is 0 Å². The number of ether oxygens (including phenoxy) is 1. The van der Waals surface area contributed by atoms with Gasteiger partial charge in [0.05, 0.1) is 0 Å². The van der Waals surface area contributed by atoms with E-state index in [9.17, 15) is 9.90 Å². The molecule has 2 saturated carbocycles. The van der Waals surface area contributed by atoms with Crippen molar-refractivity contribution in [2.24, 2.45) is 11.3 Å². The van der Waals surface area contributed by atoms with Crippen molar-refractivity contribution in [2.45, 2.75) is 50.5 Å². The lowest BCUT2D eigenvalue weighted by molar-refractivity contribution is 0.0108. The molecule has 29 heavy (non-hydrogen) atoms. The monoisotopic (exact) mass is 391 g/mol. The molecule has 2 aromatic carbocycles. The molecule has 2 fully saturated rings. The van der Waals surface area contributed by atoms with E-state index >= 15 is 0 Å². The maximum Gasteiger partial charge on any atom is 0.407 e. The van der Waals surface area contributed by atoms with Gasteiger partial charge in [-0.25, -0.2) is 4.79 Å². The third-order valence-corrected chi connectivity index (χ3v) is 7.45. The van der Waals surface area contributed by atoms with Gasteiger partial charge in [0.25, 0.3) is 0 Å². The van der Waals surface area contributed by atoms with E-state index in [0.29, 0.717) is 24.5 Å². The van der Waals surface area contributed by atoms with E-state index in [2.05, 4.69) is 53.8 Å². The molecule has 3 aliphatic carbocycles. The van der Waals surface area contributed by atoms with Crippen LogP contribution in [0.25, 0.3) is 11.1 Å². The lowest BCUT2D eigenvalue weighted by Crippen LogP contribution is -2.52. The Labute approximate surface area is 172 Å². The number of benzene rings is 2. The van der Waals surface area contributed by atoms with E-state index in [1.807, 2.05) is 0 Å². The summed E-state index contributed by atoms with van der Waals surface area (Å²) in [6, 6.07) is 17.0. The highest BCUT2D eigenvalue weighted by Gasteiger charge is 2.46. The minimum Gasteiger partial charge on any atom is -0.449 e. The molecule has 3 aliphatic rings. The number of hydrogen-bond acceptors (Lipinski definition) is 3. The summed E-state index contributed by atoms with van der Waals surface area (Å²) < 4.78 is 5.67. The highest BCUT2D eigenvalue weighted by atomic mass is 16.5. The molecule has 0 aliphatic heterocycles. The van der Waals surface area contributed by atoms with Crippen LogP contribution in [0, 0.1) is 11.3 Å². The quantitative estimate of drug-likeness (QED) is 0.783. The Morgan fingerprint density at radius 2 is 1.59 bits per heavy atom. The largest absolute Gasteiger partial charge is 0.449 e. The van der Waals surface area contributed by atoms with Crippen LogP contribution in [-0.2, 0) is 4.74 Å². The van der Waals surface area contributed by atoms with Crippen molar-refractivity contribution < 1.29 is 14.6 Å². The first-order chi connectivity index (χ1) is 14.2. The van der Waals surface area contributed by atoms with Crippen molar-refractivity contribution in [3.63, 3.8) is 0 Å². The van der Waals surface area contributed by atoms with E-state index in [-0.39, 0.29) is 18.1 Å². The number of aliphatic hydroxyl groups excluding tert-OH is 1. The van der Waals surface area contributed by atoms with E-state index in [1.54, 1.807) is 0 Å². The SMILES string of the molecule is O=C(NC1CC2(CCC(CO)CC2)C1)OCC1c2ccccc2-c2ccccc21. The normalized spacial score (nSPS) is 27.8. The van der Waals surface area contributed by atoms with Crippen molar-refractivity contribution in [3.8, 4) is 11.1 Å². The highest BCUT2D eigenvalue weighted by molar-refractivity contribution is 5.79. The molecule has 1 spiro atoms. The van der Waals surface area contributed by atoms with Crippen LogP contribution in [0.1, 0.15) is 55.6 Å². The van der Waals surface area contributed by atoms with Gasteiger partial charge in [0.1, 0.15) is 6.61 Å². The molecule has 4 heteroatoms. The first-order valence-corrected chi connectivity index (χ1v) is 10.9. The van der Waals surface area contributed by atoms with Gasteiger partial charge in [-0.15, -0.1) is 0 Å². The second kappa shape index (κ2) is 7.49. The number of alkyl carbamates (subject to hydrolysis) is 1. The fourth-order valence-electron chi connectivity index (χ4n) is 5.78. The minimum atomic E-state index is -0.296. The third-order valence-electron chi connectivity index (χ3n) is 7.45. The van der Waals surface area contributed by atoms with Crippen LogP contribution in [-0.4, -0.2) is 30.5 Å². The van der Waals surface area contributed by atoms with Crippen molar-refractivity contribution in [1.29, 1.82) is 0 Å². The molecule has 0 saturated heterocycles. The predicted octanol–water partition coefficient (Wildman–Crippen LogP) is 4.86. The van der Waals surface area contributed by atoms with Crippen LogP contribution in [0.3, 0.4) is 0 Å². The fourth-order valence-corrected chi connectivity index (χ4v) is 5.78. The van der Waals surface area contributed by atoms with E-state index < -0.39 is 0 Å². The van der Waals surface area contributed by atoms with Crippen LogP contribution < -0.4 is 5.32 Å². The molecule has 0 atom stereocenters. The molecule has 4 nitrogen and oxygen atoms in total.